The van der Waals surface area contributed by atoms with Gasteiger partial charge in [0, 0.05) is 0 Å². The van der Waals surface area contributed by atoms with Gasteiger partial charge in [0.15, 0.2) is 0 Å². The molecule has 0 N–H and O–H groups in total. The molecule has 0 spiro atoms. The maximum absolute atomic E-state index is 2.37. The van der Waals surface area contributed by atoms with Gasteiger partial charge in [-0.3, -0.25) is 0 Å². The molecule has 0 saturated heterocycles. The molecule has 0 heterocycles. The molecule has 0 heteroatoms. The molecule has 0 aromatic heterocycles. The lowest BCUT2D eigenvalue weighted by Crippen LogP contribution is -2.35. The minimum atomic E-state index is 1.07. The number of hydrogen-bond acceptors (Lipinski definition) is 0. The quantitative estimate of drug-likeness (QED) is 0.501. The molecule has 2 unspecified atom stereocenters. The molecule has 0 radical (unpaired) electrons. The van der Waals surface area contributed by atoms with E-state index in [1.165, 1.54) is 32.1 Å². The summed E-state index contributed by atoms with van der Waals surface area (Å²) in [5.41, 5.74) is 3.82. The van der Waals surface area contributed by atoms with Crippen molar-refractivity contribution in [3.8, 4) is 0 Å². The lowest BCUT2D eigenvalue weighted by Gasteiger charge is -2.43. The summed E-state index contributed by atoms with van der Waals surface area (Å²) in [6.07, 6.45) is 7.39. The van der Waals surface area contributed by atoms with Crippen LogP contribution in [0.15, 0.2) is 11.1 Å². The third-order valence-corrected chi connectivity index (χ3v) is 4.23. The van der Waals surface area contributed by atoms with Crippen LogP contribution in [0.25, 0.3) is 0 Å². The highest BCUT2D eigenvalue weighted by Crippen LogP contribution is 2.62. The van der Waals surface area contributed by atoms with Crippen LogP contribution in [-0.2, 0) is 0 Å². The fourth-order valence-electron chi connectivity index (χ4n) is 3.80. The van der Waals surface area contributed by atoms with Gasteiger partial charge in [-0.2, -0.15) is 0 Å². The van der Waals surface area contributed by atoms with Crippen molar-refractivity contribution in [2.24, 2.45) is 17.8 Å². The fraction of sp³-hybridized carbons (Fsp3) is 0.818. The monoisotopic (exact) mass is 148 g/mol. The predicted molar refractivity (Wildman–Crippen MR) is 46.3 cm³/mol. The van der Waals surface area contributed by atoms with E-state index in [1.54, 1.807) is 0 Å². The number of hydrogen-bond donors (Lipinski definition) is 0. The molecule has 0 aromatic carbocycles. The zero-order valence-electron chi connectivity index (χ0n) is 7.27. The second-order valence-corrected chi connectivity index (χ2v) is 4.42. The minimum absolute atomic E-state index is 1.07. The van der Waals surface area contributed by atoms with Crippen LogP contribution in [0.4, 0.5) is 0 Å². The van der Waals surface area contributed by atoms with Crippen LogP contribution in [0.2, 0.25) is 0 Å². The first-order valence-corrected chi connectivity index (χ1v) is 5.13. The summed E-state index contributed by atoms with van der Waals surface area (Å²) in [5, 5.41) is 0. The third-order valence-electron chi connectivity index (χ3n) is 4.23. The van der Waals surface area contributed by atoms with Gasteiger partial charge in [0.1, 0.15) is 0 Å². The molecule has 0 nitrogen and oxygen atoms in total. The van der Waals surface area contributed by atoms with Crippen LogP contribution < -0.4 is 0 Å². The fourth-order valence-corrected chi connectivity index (χ4v) is 3.80. The Hall–Kier alpha value is -0.260. The van der Waals surface area contributed by atoms with E-state index < -0.39 is 0 Å². The summed E-state index contributed by atoms with van der Waals surface area (Å²) in [7, 11) is 0. The topological polar surface area (TPSA) is 0 Å². The molecule has 0 aromatic rings. The Morgan fingerprint density at radius 1 is 1.18 bits per heavy atom. The Labute approximate surface area is 68.7 Å². The summed E-state index contributed by atoms with van der Waals surface area (Å²) in [4.78, 5) is 0. The molecule has 11 heavy (non-hydrogen) atoms. The summed E-state index contributed by atoms with van der Waals surface area (Å²) in [5.74, 6) is 3.25. The van der Waals surface area contributed by atoms with Crippen LogP contribution >= 0.6 is 0 Å². The van der Waals surface area contributed by atoms with Crippen molar-refractivity contribution in [3.05, 3.63) is 11.1 Å². The first-order chi connectivity index (χ1) is 5.42. The Morgan fingerprint density at radius 3 is 2.36 bits per heavy atom. The Bertz CT molecular complexity index is 204. The maximum Gasteiger partial charge on any atom is -0.0161 e. The molecule has 60 valence electrons. The van der Waals surface area contributed by atoms with Crippen molar-refractivity contribution in [2.75, 3.05) is 0 Å². The first-order valence-electron chi connectivity index (χ1n) is 5.13. The van der Waals surface area contributed by atoms with Crippen molar-refractivity contribution >= 4 is 0 Å². The Kier molecular flexibility index (Phi) is 1.09. The van der Waals surface area contributed by atoms with E-state index in [2.05, 4.69) is 6.92 Å². The van der Waals surface area contributed by atoms with E-state index in [-0.39, 0.29) is 0 Å². The highest BCUT2D eigenvalue weighted by molar-refractivity contribution is 5.38. The van der Waals surface area contributed by atoms with E-state index in [9.17, 15) is 0 Å². The van der Waals surface area contributed by atoms with Crippen LogP contribution in [0, 0.1) is 17.8 Å². The highest BCUT2D eigenvalue weighted by Gasteiger charge is 2.50. The Balaban J connectivity index is 1.95. The average Bonchev–Trinajstić information content (AvgIpc) is 2.39. The SMILES string of the molecule is CCC1C2CCC3=C2C1CC3. The molecule has 0 amide bonds. The van der Waals surface area contributed by atoms with E-state index in [1.807, 2.05) is 11.1 Å². The van der Waals surface area contributed by atoms with Gasteiger partial charge >= 0.3 is 0 Å². The first kappa shape index (κ1) is 6.28. The molecule has 0 bridgehead atoms. The van der Waals surface area contributed by atoms with Gasteiger partial charge in [0.05, 0.1) is 0 Å². The molecular formula is C11H16. The predicted octanol–water partition coefficient (Wildman–Crippen LogP) is 3.14. The highest BCUT2D eigenvalue weighted by atomic mass is 14.5. The van der Waals surface area contributed by atoms with Crippen molar-refractivity contribution in [1.29, 1.82) is 0 Å². The minimum Gasteiger partial charge on any atom is -0.0704 e. The lowest BCUT2D eigenvalue weighted by molar-refractivity contribution is 0.167. The molecule has 3 aliphatic rings. The summed E-state index contributed by atoms with van der Waals surface area (Å²) in [6, 6.07) is 0. The molecule has 3 aliphatic carbocycles. The van der Waals surface area contributed by atoms with Crippen LogP contribution in [0.3, 0.4) is 0 Å². The van der Waals surface area contributed by atoms with Gasteiger partial charge in [-0.1, -0.05) is 24.5 Å². The zero-order chi connectivity index (χ0) is 7.42. The molecule has 1 saturated carbocycles. The van der Waals surface area contributed by atoms with E-state index in [0.29, 0.717) is 0 Å². The van der Waals surface area contributed by atoms with Crippen LogP contribution in [-0.4, -0.2) is 0 Å². The number of rotatable bonds is 1. The lowest BCUT2D eigenvalue weighted by atomic mass is 9.61. The molecule has 3 rings (SSSR count). The molecule has 2 atom stereocenters. The van der Waals surface area contributed by atoms with Crippen LogP contribution in [0.5, 0.6) is 0 Å². The van der Waals surface area contributed by atoms with E-state index >= 15 is 0 Å². The van der Waals surface area contributed by atoms with Gasteiger partial charge in [-0.15, -0.1) is 0 Å². The summed E-state index contributed by atoms with van der Waals surface area (Å²) < 4.78 is 0. The Morgan fingerprint density at radius 2 is 1.82 bits per heavy atom. The van der Waals surface area contributed by atoms with Crippen LogP contribution in [0.1, 0.15) is 39.0 Å². The van der Waals surface area contributed by atoms with Gasteiger partial charge < -0.3 is 0 Å². The van der Waals surface area contributed by atoms with Crippen molar-refractivity contribution in [1.82, 2.24) is 0 Å². The maximum atomic E-state index is 2.37. The standard InChI is InChI=1S/C11H16/c1-2-8-9-5-3-7-4-6-10(8)11(7)9/h8-10H,2-6H2,1H3. The van der Waals surface area contributed by atoms with E-state index in [0.717, 1.165) is 17.8 Å². The second kappa shape index (κ2) is 1.91. The van der Waals surface area contributed by atoms with Crippen molar-refractivity contribution in [2.45, 2.75) is 39.0 Å². The summed E-state index contributed by atoms with van der Waals surface area (Å²) >= 11 is 0. The summed E-state index contributed by atoms with van der Waals surface area (Å²) in [6.45, 7) is 2.37. The largest absolute Gasteiger partial charge is 0.0704 e. The van der Waals surface area contributed by atoms with Crippen molar-refractivity contribution < 1.29 is 0 Å². The van der Waals surface area contributed by atoms with Gasteiger partial charge in [-0.05, 0) is 43.4 Å². The van der Waals surface area contributed by atoms with Gasteiger partial charge in [-0.25, -0.2) is 0 Å². The number of allylic oxidation sites excluding steroid dienone is 2. The van der Waals surface area contributed by atoms with Gasteiger partial charge in [0.25, 0.3) is 0 Å². The van der Waals surface area contributed by atoms with E-state index in [4.69, 9.17) is 0 Å². The molecular weight excluding hydrogens is 132 g/mol. The average molecular weight is 148 g/mol. The van der Waals surface area contributed by atoms with Gasteiger partial charge in [0.2, 0.25) is 0 Å². The smallest absolute Gasteiger partial charge is 0.0161 e. The third kappa shape index (κ3) is 0.579. The second-order valence-electron chi connectivity index (χ2n) is 4.42. The normalized spacial score (nSPS) is 46.1. The molecule has 0 aliphatic heterocycles. The van der Waals surface area contributed by atoms with Crippen molar-refractivity contribution in [3.63, 3.8) is 0 Å². The zero-order valence-corrected chi connectivity index (χ0v) is 7.27. The molecule has 1 fully saturated rings.